The van der Waals surface area contributed by atoms with Gasteiger partial charge in [0.25, 0.3) is 5.19 Å². The number of carbonyl (C=O) groups is 2. The van der Waals surface area contributed by atoms with Gasteiger partial charge in [0.2, 0.25) is 5.91 Å². The molecule has 7 rings (SSSR count). The Labute approximate surface area is 264 Å². The van der Waals surface area contributed by atoms with Crippen molar-refractivity contribution >= 4 is 28.9 Å². The second-order valence-corrected chi connectivity index (χ2v) is 14.2. The lowest BCUT2D eigenvalue weighted by Crippen LogP contribution is -2.54. The fourth-order valence-electron chi connectivity index (χ4n) is 8.03. The monoisotopic (exact) mass is 616 g/mol. The lowest BCUT2D eigenvalue weighted by molar-refractivity contribution is -0.165. The second kappa shape index (κ2) is 12.5. The zero-order valence-electron chi connectivity index (χ0n) is 26.4. The van der Waals surface area contributed by atoms with Crippen molar-refractivity contribution in [3.63, 3.8) is 0 Å². The number of amides is 1. The summed E-state index contributed by atoms with van der Waals surface area (Å²) >= 11 is 1.51. The van der Waals surface area contributed by atoms with Crippen molar-refractivity contribution in [3.05, 3.63) is 59.8 Å². The first kappa shape index (κ1) is 30.6. The first-order valence-electron chi connectivity index (χ1n) is 15.9. The highest BCUT2D eigenvalue weighted by Gasteiger charge is 2.57. The number of methoxy groups -OCH3 is 3. The number of esters is 1. The third kappa shape index (κ3) is 5.73. The molecule has 0 atom stereocenters. The van der Waals surface area contributed by atoms with Gasteiger partial charge in [-0.15, -0.1) is 0 Å². The van der Waals surface area contributed by atoms with Crippen molar-refractivity contribution < 1.29 is 23.8 Å². The number of rotatable bonds is 9. The lowest BCUT2D eigenvalue weighted by atomic mass is 9.53. The molecule has 1 aromatic heterocycles. The molecule has 3 aromatic rings. The van der Waals surface area contributed by atoms with Gasteiger partial charge in [-0.3, -0.25) is 9.59 Å². The van der Waals surface area contributed by atoms with E-state index in [0.717, 1.165) is 86.1 Å². The summed E-state index contributed by atoms with van der Waals surface area (Å²) < 4.78 is 16.0. The van der Waals surface area contributed by atoms with E-state index in [-0.39, 0.29) is 11.9 Å². The number of aromatic nitrogens is 1. The molecule has 7 nitrogen and oxygen atoms in total. The van der Waals surface area contributed by atoms with Crippen molar-refractivity contribution in [1.29, 1.82) is 0 Å². The minimum absolute atomic E-state index is 0.105. The van der Waals surface area contributed by atoms with Gasteiger partial charge >= 0.3 is 5.97 Å². The third-order valence-corrected chi connectivity index (χ3v) is 11.9. The standard InChI is InChI=1S/C36H44N2O5S/c1-24-20-27(12-13-30(24)41-2)26-10-8-25(9-11-26)23-38(29-7-5-6-28(21-29)31-22-37-34(43-4)44-31)32(39)35-14-17-36(18-15-35,19-16-35)33(40)42-3/h5-7,12-13,20-22,25-26H,8-11,14-19,23H2,1-4H3. The van der Waals surface area contributed by atoms with Gasteiger partial charge < -0.3 is 19.1 Å². The number of carbonyl (C=O) groups excluding carboxylic acids is 2. The highest BCUT2D eigenvalue weighted by atomic mass is 32.1. The molecule has 4 fully saturated rings. The molecule has 4 aliphatic rings. The highest BCUT2D eigenvalue weighted by molar-refractivity contribution is 7.16. The number of hydrogen-bond donors (Lipinski definition) is 0. The fraction of sp³-hybridized carbons (Fsp3) is 0.528. The average molecular weight is 617 g/mol. The molecule has 4 saturated carbocycles. The maximum absolute atomic E-state index is 14.7. The molecule has 1 amide bonds. The highest BCUT2D eigenvalue weighted by Crippen LogP contribution is 2.58. The van der Waals surface area contributed by atoms with Crippen LogP contribution in [0.15, 0.2) is 48.7 Å². The van der Waals surface area contributed by atoms with Gasteiger partial charge in [-0.1, -0.05) is 35.6 Å². The van der Waals surface area contributed by atoms with E-state index in [1.54, 1.807) is 14.2 Å². The van der Waals surface area contributed by atoms with Crippen LogP contribution in [0.1, 0.15) is 81.3 Å². The van der Waals surface area contributed by atoms with E-state index in [2.05, 4.69) is 53.2 Å². The summed E-state index contributed by atoms with van der Waals surface area (Å²) in [4.78, 5) is 34.9. The summed E-state index contributed by atoms with van der Waals surface area (Å²) in [5.41, 5.74) is 3.71. The molecule has 2 aromatic carbocycles. The topological polar surface area (TPSA) is 78.0 Å². The van der Waals surface area contributed by atoms with Crippen molar-refractivity contribution in [2.45, 2.75) is 77.0 Å². The van der Waals surface area contributed by atoms with Crippen LogP contribution < -0.4 is 14.4 Å². The smallest absolute Gasteiger partial charge is 0.311 e. The molecule has 0 radical (unpaired) electrons. The molecule has 0 aliphatic heterocycles. The van der Waals surface area contributed by atoms with Crippen molar-refractivity contribution in [2.24, 2.45) is 16.7 Å². The van der Waals surface area contributed by atoms with Crippen LogP contribution in [0.2, 0.25) is 0 Å². The maximum atomic E-state index is 14.7. The van der Waals surface area contributed by atoms with E-state index in [0.29, 0.717) is 23.6 Å². The third-order valence-electron chi connectivity index (χ3n) is 10.8. The van der Waals surface area contributed by atoms with Gasteiger partial charge in [-0.25, -0.2) is 4.98 Å². The SMILES string of the molecule is COC(=O)C12CCC(C(=O)N(CC3CCC(c4ccc(OC)c(C)c4)CC3)c3cccc(-c4cnc(OC)s4)c3)(CC1)CC2. The van der Waals surface area contributed by atoms with Crippen LogP contribution in [0.25, 0.3) is 10.4 Å². The van der Waals surface area contributed by atoms with Gasteiger partial charge in [0, 0.05) is 23.8 Å². The van der Waals surface area contributed by atoms with Gasteiger partial charge in [-0.2, -0.15) is 0 Å². The van der Waals surface area contributed by atoms with Crippen molar-refractivity contribution in [3.8, 4) is 21.4 Å². The van der Waals surface area contributed by atoms with Crippen LogP contribution in [0.5, 0.6) is 10.9 Å². The minimum atomic E-state index is -0.419. The first-order valence-corrected chi connectivity index (χ1v) is 16.8. The molecule has 0 N–H and O–H groups in total. The van der Waals surface area contributed by atoms with E-state index in [1.165, 1.54) is 29.6 Å². The lowest BCUT2D eigenvalue weighted by Gasteiger charge is -2.52. The molecule has 0 unspecified atom stereocenters. The summed E-state index contributed by atoms with van der Waals surface area (Å²) in [5, 5.41) is 0.625. The van der Waals surface area contributed by atoms with E-state index in [1.807, 2.05) is 12.3 Å². The minimum Gasteiger partial charge on any atom is -0.496 e. The zero-order chi connectivity index (χ0) is 30.9. The van der Waals surface area contributed by atoms with Crippen LogP contribution >= 0.6 is 11.3 Å². The summed E-state index contributed by atoms with van der Waals surface area (Å²) in [5.74, 6) is 2.02. The van der Waals surface area contributed by atoms with Crippen LogP contribution in [0.4, 0.5) is 5.69 Å². The Morgan fingerprint density at radius 1 is 0.909 bits per heavy atom. The number of anilines is 1. The number of hydrogen-bond acceptors (Lipinski definition) is 7. The molecule has 234 valence electrons. The number of nitrogens with zero attached hydrogens (tertiary/aromatic N) is 2. The van der Waals surface area contributed by atoms with E-state index in [4.69, 9.17) is 14.2 Å². The number of aryl methyl sites for hydroxylation is 1. The first-order chi connectivity index (χ1) is 21.3. The fourth-order valence-corrected chi connectivity index (χ4v) is 8.75. The largest absolute Gasteiger partial charge is 0.496 e. The maximum Gasteiger partial charge on any atom is 0.311 e. The summed E-state index contributed by atoms with van der Waals surface area (Å²) in [6, 6.07) is 14.9. The molecular weight excluding hydrogens is 572 g/mol. The van der Waals surface area contributed by atoms with Crippen molar-refractivity contribution in [2.75, 3.05) is 32.8 Å². The summed E-state index contributed by atoms with van der Waals surface area (Å²) in [6.45, 7) is 2.83. The van der Waals surface area contributed by atoms with Gasteiger partial charge in [0.1, 0.15) is 5.75 Å². The molecule has 4 aliphatic carbocycles. The van der Waals surface area contributed by atoms with Gasteiger partial charge in [0.05, 0.1) is 31.6 Å². The molecule has 2 bridgehead atoms. The number of thiazole rings is 1. The van der Waals surface area contributed by atoms with Gasteiger partial charge in [0.15, 0.2) is 0 Å². The summed E-state index contributed by atoms with van der Waals surface area (Å²) in [6.07, 6.45) is 10.7. The Morgan fingerprint density at radius 2 is 1.61 bits per heavy atom. The van der Waals surface area contributed by atoms with Crippen LogP contribution in [0.3, 0.4) is 0 Å². The van der Waals surface area contributed by atoms with Gasteiger partial charge in [-0.05, 0) is 118 Å². The molecule has 8 heteroatoms. The Hall–Kier alpha value is -3.39. The van der Waals surface area contributed by atoms with Crippen LogP contribution in [-0.4, -0.2) is 44.7 Å². The Balaban J connectivity index is 1.24. The Kier molecular flexibility index (Phi) is 8.73. The van der Waals surface area contributed by atoms with E-state index in [9.17, 15) is 9.59 Å². The number of benzene rings is 2. The Bertz CT molecular complexity index is 1480. The van der Waals surface area contributed by atoms with Crippen molar-refractivity contribution in [1.82, 2.24) is 4.98 Å². The normalized spacial score (nSPS) is 26.2. The number of ether oxygens (including phenoxy) is 3. The summed E-state index contributed by atoms with van der Waals surface area (Å²) in [7, 11) is 4.84. The molecule has 1 heterocycles. The molecule has 44 heavy (non-hydrogen) atoms. The second-order valence-electron chi connectivity index (χ2n) is 13.2. The molecule has 0 spiro atoms. The predicted molar refractivity (Wildman–Crippen MR) is 173 cm³/mol. The molecule has 0 saturated heterocycles. The average Bonchev–Trinajstić information content (AvgIpc) is 3.57. The van der Waals surface area contributed by atoms with Crippen LogP contribution in [0, 0.1) is 23.7 Å². The number of fused-ring (bicyclic) bond motifs is 3. The Morgan fingerprint density at radius 3 is 2.23 bits per heavy atom. The zero-order valence-corrected chi connectivity index (χ0v) is 27.2. The quantitative estimate of drug-likeness (QED) is 0.227. The molecular formula is C36H44N2O5S. The van der Waals surface area contributed by atoms with Crippen LogP contribution in [-0.2, 0) is 14.3 Å². The predicted octanol–water partition coefficient (Wildman–Crippen LogP) is 7.96. The van der Waals surface area contributed by atoms with E-state index < -0.39 is 10.8 Å². The van der Waals surface area contributed by atoms with E-state index >= 15 is 0 Å².